The average molecular weight is 631 g/mol. The summed E-state index contributed by atoms with van der Waals surface area (Å²) in [6, 6.07) is 13.8. The van der Waals surface area contributed by atoms with Crippen molar-refractivity contribution in [1.82, 2.24) is 19.4 Å². The highest BCUT2D eigenvalue weighted by Crippen LogP contribution is 2.42. The number of para-hydroxylation sites is 2. The number of carbonyl (C=O) groups is 2. The lowest BCUT2D eigenvalue weighted by Crippen LogP contribution is -2.48. The number of halogens is 3. The highest BCUT2D eigenvalue weighted by Gasteiger charge is 2.33. The van der Waals surface area contributed by atoms with Gasteiger partial charge < -0.3 is 25.0 Å². The summed E-state index contributed by atoms with van der Waals surface area (Å²) in [6.07, 6.45) is 0. The number of ketones is 2. The first-order valence-corrected chi connectivity index (χ1v) is 14.5. The number of nitrogens with one attached hydrogen (secondary N) is 1. The molecular weight excluding hydrogens is 601 g/mol. The fourth-order valence-corrected chi connectivity index (χ4v) is 5.81. The zero-order valence-electron chi connectivity index (χ0n) is 23.1. The molecular formula is C30H30Cl3N5O4. The Labute approximate surface area is 258 Å². The van der Waals surface area contributed by atoms with Crippen LogP contribution in [0.25, 0.3) is 5.69 Å². The monoisotopic (exact) mass is 629 g/mol. The number of H-pyrrole nitrogens is 1. The van der Waals surface area contributed by atoms with E-state index in [0.29, 0.717) is 18.9 Å². The van der Waals surface area contributed by atoms with Crippen molar-refractivity contribution in [2.45, 2.75) is 0 Å². The number of aromatic amines is 1. The summed E-state index contributed by atoms with van der Waals surface area (Å²) < 4.78 is 1.53. The van der Waals surface area contributed by atoms with Crippen LogP contribution in [0, 0.1) is 0 Å². The van der Waals surface area contributed by atoms with Crippen LogP contribution in [-0.4, -0.2) is 94.5 Å². The predicted molar refractivity (Wildman–Crippen MR) is 165 cm³/mol. The lowest BCUT2D eigenvalue weighted by molar-refractivity contribution is 0.101. The molecule has 3 heterocycles. The number of rotatable bonds is 9. The minimum Gasteiger partial charge on any atom is -0.507 e. The van der Waals surface area contributed by atoms with Crippen LogP contribution in [0.4, 0.5) is 5.82 Å². The standard InChI is InChI=1S/C30H30Cl3N5O4/c1-35(2)11-12-36-13-15-37(16-14-36)30-20(31)17-21(27(41)18-7-3-5-9-22(18)39)38(30)26-24(32)29(33)34-25(26)28(42)19-8-4-6-10-23(19)40/h3-10,17,34,39-40H,11-16H2,1-2H3. The van der Waals surface area contributed by atoms with Gasteiger partial charge in [0, 0.05) is 39.3 Å². The molecule has 5 rings (SSSR count). The Balaban J connectivity index is 1.67. The van der Waals surface area contributed by atoms with Crippen molar-refractivity contribution >= 4 is 52.2 Å². The Morgan fingerprint density at radius 1 is 0.881 bits per heavy atom. The van der Waals surface area contributed by atoms with Gasteiger partial charge in [-0.3, -0.25) is 19.1 Å². The number of piperazine rings is 1. The summed E-state index contributed by atoms with van der Waals surface area (Å²) in [7, 11) is 4.07. The number of phenols is 2. The van der Waals surface area contributed by atoms with E-state index in [1.54, 1.807) is 24.3 Å². The maximum Gasteiger partial charge on any atom is 0.215 e. The third-order valence-electron chi connectivity index (χ3n) is 7.32. The van der Waals surface area contributed by atoms with E-state index in [1.165, 1.54) is 34.9 Å². The highest BCUT2D eigenvalue weighted by atomic mass is 35.5. The molecule has 0 radical (unpaired) electrons. The van der Waals surface area contributed by atoms with Gasteiger partial charge in [-0.1, -0.05) is 59.1 Å². The fraction of sp³-hybridized carbons (Fsp3) is 0.267. The fourth-order valence-electron chi connectivity index (χ4n) is 5.10. The van der Waals surface area contributed by atoms with Crippen molar-refractivity contribution in [2.75, 3.05) is 58.3 Å². The maximum absolute atomic E-state index is 14.0. The van der Waals surface area contributed by atoms with Crippen LogP contribution in [0.15, 0.2) is 54.6 Å². The van der Waals surface area contributed by atoms with E-state index >= 15 is 0 Å². The number of aromatic nitrogens is 2. The lowest BCUT2D eigenvalue weighted by atomic mass is 10.1. The molecule has 3 N–H and O–H groups in total. The van der Waals surface area contributed by atoms with E-state index in [1.807, 2.05) is 19.0 Å². The molecule has 1 aliphatic rings. The quantitative estimate of drug-likeness (QED) is 0.215. The largest absolute Gasteiger partial charge is 0.507 e. The van der Waals surface area contributed by atoms with Crippen LogP contribution >= 0.6 is 34.8 Å². The molecule has 0 saturated carbocycles. The van der Waals surface area contributed by atoms with Crippen LogP contribution in [0.1, 0.15) is 32.1 Å². The first-order valence-electron chi connectivity index (χ1n) is 13.3. The summed E-state index contributed by atoms with van der Waals surface area (Å²) in [4.78, 5) is 37.1. The predicted octanol–water partition coefficient (Wildman–Crippen LogP) is 5.32. The van der Waals surface area contributed by atoms with Gasteiger partial charge in [-0.05, 0) is 44.4 Å². The molecule has 4 aromatic rings. The Morgan fingerprint density at radius 3 is 2.02 bits per heavy atom. The number of carbonyl (C=O) groups excluding carboxylic acids is 2. The van der Waals surface area contributed by atoms with Crippen molar-refractivity contribution in [3.05, 3.63) is 92.3 Å². The first kappa shape index (κ1) is 30.0. The van der Waals surface area contributed by atoms with Crippen molar-refractivity contribution in [3.8, 4) is 17.2 Å². The molecule has 12 heteroatoms. The smallest absolute Gasteiger partial charge is 0.215 e. The van der Waals surface area contributed by atoms with Gasteiger partial charge in [0.1, 0.15) is 33.2 Å². The van der Waals surface area contributed by atoms with Gasteiger partial charge in [0.2, 0.25) is 11.6 Å². The Morgan fingerprint density at radius 2 is 1.45 bits per heavy atom. The number of hydrogen-bond acceptors (Lipinski definition) is 7. The Hall–Kier alpha value is -3.47. The Kier molecular flexibility index (Phi) is 8.86. The summed E-state index contributed by atoms with van der Waals surface area (Å²) in [6.45, 7) is 4.53. The summed E-state index contributed by atoms with van der Waals surface area (Å²) in [5.41, 5.74) is 0.243. The third kappa shape index (κ3) is 5.75. The molecule has 220 valence electrons. The third-order valence-corrected chi connectivity index (χ3v) is 8.34. The zero-order chi connectivity index (χ0) is 30.1. The molecule has 0 unspecified atom stereocenters. The van der Waals surface area contributed by atoms with Crippen molar-refractivity contribution < 1.29 is 19.8 Å². The Bertz CT molecular complexity index is 1640. The summed E-state index contributed by atoms with van der Waals surface area (Å²) in [5.74, 6) is -1.07. The molecule has 1 fully saturated rings. The van der Waals surface area contributed by atoms with E-state index < -0.39 is 11.6 Å². The lowest BCUT2D eigenvalue weighted by Gasteiger charge is -2.37. The van der Waals surface area contributed by atoms with Crippen LogP contribution in [0.2, 0.25) is 15.2 Å². The number of phenolic OH excluding ortho intramolecular Hbond substituents is 2. The van der Waals surface area contributed by atoms with E-state index in [4.69, 9.17) is 34.8 Å². The minimum atomic E-state index is -0.581. The topological polar surface area (TPSA) is 105 Å². The van der Waals surface area contributed by atoms with Gasteiger partial charge >= 0.3 is 0 Å². The molecule has 0 amide bonds. The van der Waals surface area contributed by atoms with Crippen LogP contribution in [0.3, 0.4) is 0 Å². The number of nitrogens with zero attached hydrogens (tertiary/aromatic N) is 4. The van der Waals surface area contributed by atoms with E-state index in [0.717, 1.165) is 26.2 Å². The van der Waals surface area contributed by atoms with E-state index in [-0.39, 0.29) is 54.9 Å². The van der Waals surface area contributed by atoms with Crippen molar-refractivity contribution in [2.24, 2.45) is 0 Å². The van der Waals surface area contributed by atoms with Crippen molar-refractivity contribution in [1.29, 1.82) is 0 Å². The van der Waals surface area contributed by atoms with Gasteiger partial charge in [-0.2, -0.15) is 0 Å². The number of benzene rings is 2. The van der Waals surface area contributed by atoms with E-state index in [2.05, 4.69) is 14.8 Å². The number of hydrogen-bond donors (Lipinski definition) is 3. The molecule has 9 nitrogen and oxygen atoms in total. The summed E-state index contributed by atoms with van der Waals surface area (Å²) >= 11 is 20.1. The maximum atomic E-state index is 14.0. The molecule has 1 saturated heterocycles. The van der Waals surface area contributed by atoms with Gasteiger partial charge in [0.05, 0.1) is 27.5 Å². The number of likely N-dealkylation sites (N-methyl/N-ethyl adjacent to an activating group) is 1. The molecule has 0 atom stereocenters. The van der Waals surface area contributed by atoms with Gasteiger partial charge in [0.25, 0.3) is 0 Å². The van der Waals surface area contributed by atoms with Gasteiger partial charge in [-0.15, -0.1) is 0 Å². The SMILES string of the molecule is CN(C)CCN1CCN(c2c(Cl)cc(C(=O)c3ccccc3O)n2-c2c(C(=O)c3ccccc3O)[nH]c(Cl)c2Cl)CC1. The molecule has 2 aromatic carbocycles. The van der Waals surface area contributed by atoms with Crippen LogP contribution in [0.5, 0.6) is 11.5 Å². The second-order valence-electron chi connectivity index (χ2n) is 10.3. The minimum absolute atomic E-state index is 0.0000863. The van der Waals surface area contributed by atoms with Crippen LogP contribution in [-0.2, 0) is 0 Å². The summed E-state index contributed by atoms with van der Waals surface area (Å²) in [5, 5.41) is 21.2. The van der Waals surface area contributed by atoms with Gasteiger partial charge in [0.15, 0.2) is 0 Å². The average Bonchev–Trinajstić information content (AvgIpc) is 3.46. The van der Waals surface area contributed by atoms with E-state index in [9.17, 15) is 19.8 Å². The zero-order valence-corrected chi connectivity index (χ0v) is 25.3. The normalized spacial score (nSPS) is 14.1. The van der Waals surface area contributed by atoms with Gasteiger partial charge in [-0.25, -0.2) is 0 Å². The first-order chi connectivity index (χ1) is 20.1. The van der Waals surface area contributed by atoms with Crippen molar-refractivity contribution in [3.63, 3.8) is 0 Å². The molecule has 2 aromatic heterocycles. The molecule has 0 spiro atoms. The number of aromatic hydroxyl groups is 2. The molecule has 0 bridgehead atoms. The number of anilines is 1. The molecule has 1 aliphatic heterocycles. The second-order valence-corrected chi connectivity index (χ2v) is 11.5. The second kappa shape index (κ2) is 12.4. The molecule has 42 heavy (non-hydrogen) atoms. The van der Waals surface area contributed by atoms with Crippen LogP contribution < -0.4 is 4.90 Å². The highest BCUT2D eigenvalue weighted by molar-refractivity contribution is 6.44. The molecule has 0 aliphatic carbocycles.